The van der Waals surface area contributed by atoms with E-state index in [0.29, 0.717) is 45.6 Å². The quantitative estimate of drug-likeness (QED) is 0.269. The molecule has 0 amide bonds. The van der Waals surface area contributed by atoms with Gasteiger partial charge in [-0.25, -0.2) is 19.5 Å². The first-order valence-corrected chi connectivity index (χ1v) is 13.0. The molecule has 3 aromatic carbocycles. The summed E-state index contributed by atoms with van der Waals surface area (Å²) in [6.07, 6.45) is 1.58. The summed E-state index contributed by atoms with van der Waals surface area (Å²) < 4.78 is 24.7. The van der Waals surface area contributed by atoms with Crippen molar-refractivity contribution >= 4 is 28.5 Å². The van der Waals surface area contributed by atoms with E-state index in [0.717, 1.165) is 27.8 Å². The molecule has 0 fully saturated rings. The summed E-state index contributed by atoms with van der Waals surface area (Å²) in [5.41, 5.74) is 4.69. The third kappa shape index (κ3) is 3.98. The number of para-hydroxylation sites is 2. The van der Waals surface area contributed by atoms with Crippen LogP contribution in [0.3, 0.4) is 0 Å². The molecule has 1 atom stereocenters. The van der Waals surface area contributed by atoms with Crippen molar-refractivity contribution in [2.75, 3.05) is 14.2 Å². The van der Waals surface area contributed by atoms with Crippen LogP contribution in [-0.4, -0.2) is 43.9 Å². The molecule has 0 radical (unpaired) electrons. The number of benzene rings is 3. The van der Waals surface area contributed by atoms with Crippen LogP contribution in [0.2, 0.25) is 0 Å². The Balaban J connectivity index is 1.32. The van der Waals surface area contributed by atoms with Crippen LogP contribution in [0.5, 0.6) is 28.9 Å². The zero-order chi connectivity index (χ0) is 26.5. The lowest BCUT2D eigenvalue weighted by molar-refractivity contribution is 0.354. The van der Waals surface area contributed by atoms with Crippen LogP contribution < -0.4 is 14.2 Å². The summed E-state index contributed by atoms with van der Waals surface area (Å²) >= 11 is 1.42. The molecule has 10 nitrogen and oxygen atoms in total. The molecule has 7 rings (SSSR count). The molecule has 0 bridgehead atoms. The van der Waals surface area contributed by atoms with Gasteiger partial charge in [0.15, 0.2) is 28.6 Å². The first-order valence-electron chi connectivity index (χ1n) is 12.1. The van der Waals surface area contributed by atoms with Crippen molar-refractivity contribution in [3.05, 3.63) is 89.5 Å². The largest absolute Gasteiger partial charge is 0.508 e. The van der Waals surface area contributed by atoms with Crippen molar-refractivity contribution < 1.29 is 23.7 Å². The Hall–Kier alpha value is -4.77. The monoisotopic (exact) mass is 539 g/mol. The van der Waals surface area contributed by atoms with Crippen LogP contribution in [0.25, 0.3) is 16.7 Å². The SMILES string of the molecule is COc1ccc([C@H]2c3ccc(O)cc3Oc3ncn4nc(CSc5nc6ccccc6o5)nc4c32)cc1OC. The number of fused-ring (bicyclic) bond motifs is 5. The number of phenolic OH excluding ortho intramolecular Hbond substituents is 1. The maximum Gasteiger partial charge on any atom is 0.257 e. The number of rotatable bonds is 6. The van der Waals surface area contributed by atoms with Gasteiger partial charge in [-0.15, -0.1) is 5.10 Å². The Kier molecular flexibility index (Phi) is 5.51. The standard InChI is InChI=1S/C28H21N5O5S/c1-35-20-10-7-15(11-22(20)36-2)24-17-9-8-16(34)12-21(17)37-27-25(24)26-31-23(32-33(26)14-29-27)13-39-28-30-18-5-3-4-6-19(18)38-28/h3-12,14,24,34H,13H2,1-2H3/t24-/m0/s1. The predicted molar refractivity (Wildman–Crippen MR) is 143 cm³/mol. The lowest BCUT2D eigenvalue weighted by Crippen LogP contribution is -2.15. The number of phenols is 1. The van der Waals surface area contributed by atoms with E-state index in [-0.39, 0.29) is 11.7 Å². The van der Waals surface area contributed by atoms with Gasteiger partial charge in [0.05, 0.1) is 25.5 Å². The molecule has 4 heterocycles. The molecule has 6 aromatic rings. The molecule has 11 heteroatoms. The van der Waals surface area contributed by atoms with Crippen molar-refractivity contribution in [3.63, 3.8) is 0 Å². The van der Waals surface area contributed by atoms with Crippen LogP contribution in [0.1, 0.15) is 28.4 Å². The van der Waals surface area contributed by atoms with Crippen molar-refractivity contribution in [3.8, 4) is 28.9 Å². The molecular weight excluding hydrogens is 518 g/mol. The second-order valence-electron chi connectivity index (χ2n) is 8.87. The number of aromatic nitrogens is 5. The minimum atomic E-state index is -0.318. The van der Waals surface area contributed by atoms with Gasteiger partial charge in [0.2, 0.25) is 5.88 Å². The Morgan fingerprint density at radius 3 is 2.72 bits per heavy atom. The van der Waals surface area contributed by atoms with Crippen molar-refractivity contribution in [1.29, 1.82) is 0 Å². The molecule has 0 aliphatic carbocycles. The minimum Gasteiger partial charge on any atom is -0.508 e. The Bertz CT molecular complexity index is 1830. The fraction of sp³-hybridized carbons (Fsp3) is 0.143. The van der Waals surface area contributed by atoms with E-state index in [1.165, 1.54) is 11.8 Å². The third-order valence-electron chi connectivity index (χ3n) is 6.57. The number of oxazole rings is 1. The topological polar surface area (TPSA) is 117 Å². The highest BCUT2D eigenvalue weighted by atomic mass is 32.2. The summed E-state index contributed by atoms with van der Waals surface area (Å²) in [5.74, 6) is 2.97. The predicted octanol–water partition coefficient (Wildman–Crippen LogP) is 5.57. The number of hydrogen-bond donors (Lipinski definition) is 1. The highest BCUT2D eigenvalue weighted by Gasteiger charge is 2.34. The molecule has 194 valence electrons. The fourth-order valence-corrected chi connectivity index (χ4v) is 5.51. The lowest BCUT2D eigenvalue weighted by atomic mass is 9.83. The van der Waals surface area contributed by atoms with Gasteiger partial charge in [-0.3, -0.25) is 0 Å². The molecular formula is C28H21N5O5S. The summed E-state index contributed by atoms with van der Waals surface area (Å²) in [4.78, 5) is 14.0. The van der Waals surface area contributed by atoms with E-state index in [9.17, 15) is 5.11 Å². The Morgan fingerprint density at radius 1 is 1.00 bits per heavy atom. The second kappa shape index (κ2) is 9.21. The van der Waals surface area contributed by atoms with Gasteiger partial charge < -0.3 is 23.7 Å². The van der Waals surface area contributed by atoms with Gasteiger partial charge in [-0.05, 0) is 35.9 Å². The molecule has 1 aliphatic heterocycles. The molecule has 0 saturated carbocycles. The van der Waals surface area contributed by atoms with E-state index in [4.69, 9.17) is 23.6 Å². The summed E-state index contributed by atoms with van der Waals surface area (Å²) in [7, 11) is 3.20. The van der Waals surface area contributed by atoms with Crippen molar-refractivity contribution in [1.82, 2.24) is 24.6 Å². The molecule has 0 unspecified atom stereocenters. The Morgan fingerprint density at radius 2 is 1.87 bits per heavy atom. The molecule has 3 aromatic heterocycles. The molecule has 0 spiro atoms. The molecule has 1 N–H and O–H groups in total. The summed E-state index contributed by atoms with van der Waals surface area (Å²) in [6, 6.07) is 18.5. The molecule has 39 heavy (non-hydrogen) atoms. The van der Waals surface area contributed by atoms with Crippen LogP contribution in [-0.2, 0) is 5.75 Å². The van der Waals surface area contributed by atoms with E-state index < -0.39 is 0 Å². The average molecular weight is 540 g/mol. The van der Waals surface area contributed by atoms with Crippen LogP contribution in [0.4, 0.5) is 0 Å². The number of hydrogen-bond acceptors (Lipinski definition) is 10. The summed E-state index contributed by atoms with van der Waals surface area (Å²) in [6.45, 7) is 0. The van der Waals surface area contributed by atoms with Gasteiger partial charge in [-0.1, -0.05) is 36.0 Å². The van der Waals surface area contributed by atoms with Gasteiger partial charge in [0.25, 0.3) is 5.22 Å². The second-order valence-corrected chi connectivity index (χ2v) is 9.79. The van der Waals surface area contributed by atoms with Crippen LogP contribution in [0.15, 0.2) is 76.6 Å². The van der Waals surface area contributed by atoms with Crippen LogP contribution >= 0.6 is 11.8 Å². The smallest absolute Gasteiger partial charge is 0.257 e. The van der Waals surface area contributed by atoms with Gasteiger partial charge in [0.1, 0.15) is 23.3 Å². The minimum absolute atomic E-state index is 0.102. The number of thioether (sulfide) groups is 1. The maximum absolute atomic E-state index is 10.1. The Labute approximate surface area is 226 Å². The zero-order valence-electron chi connectivity index (χ0n) is 20.9. The van der Waals surface area contributed by atoms with Crippen LogP contribution in [0, 0.1) is 0 Å². The zero-order valence-corrected chi connectivity index (χ0v) is 21.7. The number of methoxy groups -OCH3 is 2. The average Bonchev–Trinajstić information content (AvgIpc) is 3.58. The van der Waals surface area contributed by atoms with E-state index in [2.05, 4.69) is 15.1 Å². The highest BCUT2D eigenvalue weighted by molar-refractivity contribution is 7.98. The number of ether oxygens (including phenoxy) is 3. The van der Waals surface area contributed by atoms with Gasteiger partial charge in [-0.2, -0.15) is 0 Å². The van der Waals surface area contributed by atoms with E-state index >= 15 is 0 Å². The third-order valence-corrected chi connectivity index (χ3v) is 7.40. The molecule has 0 saturated heterocycles. The van der Waals surface area contributed by atoms with Gasteiger partial charge in [0, 0.05) is 17.5 Å². The first kappa shape index (κ1) is 23.4. The number of aromatic hydroxyl groups is 1. The normalized spacial score (nSPS) is 14.2. The maximum atomic E-state index is 10.1. The molecule has 1 aliphatic rings. The van der Waals surface area contributed by atoms with E-state index in [1.54, 1.807) is 37.2 Å². The van der Waals surface area contributed by atoms with E-state index in [1.807, 2.05) is 48.5 Å². The first-order chi connectivity index (χ1) is 19.1. The van der Waals surface area contributed by atoms with Gasteiger partial charge >= 0.3 is 0 Å². The van der Waals surface area contributed by atoms with Crippen molar-refractivity contribution in [2.24, 2.45) is 0 Å². The number of nitrogens with zero attached hydrogens (tertiary/aromatic N) is 5. The highest BCUT2D eigenvalue weighted by Crippen LogP contribution is 2.49. The van der Waals surface area contributed by atoms with Crippen molar-refractivity contribution in [2.45, 2.75) is 16.9 Å². The lowest BCUT2D eigenvalue weighted by Gasteiger charge is -2.28. The fourth-order valence-electron chi connectivity index (χ4n) is 4.83. The summed E-state index contributed by atoms with van der Waals surface area (Å²) in [5, 5.41) is 15.4.